The molecule has 0 bridgehead atoms. The molecule has 6 heteroatoms. The number of hydrogen-bond donors (Lipinski definition) is 1. The third-order valence-corrected chi connectivity index (χ3v) is 3.52. The number of anilines is 1. The molecule has 0 aliphatic carbocycles. The molecule has 0 spiro atoms. The van der Waals surface area contributed by atoms with Gasteiger partial charge in [-0.15, -0.1) is 0 Å². The van der Waals surface area contributed by atoms with Gasteiger partial charge in [0.15, 0.2) is 0 Å². The first-order valence-electron chi connectivity index (χ1n) is 5.78. The number of benzene rings is 2. The molecule has 4 nitrogen and oxygen atoms in total. The minimum absolute atomic E-state index is 0.389. The summed E-state index contributed by atoms with van der Waals surface area (Å²) in [6, 6.07) is 12.7. The molecular formula is C14H9BrClN3O. The number of nitrogens with zero attached hydrogens (tertiary/aromatic N) is 2. The fourth-order valence-corrected chi connectivity index (χ4v) is 2.28. The molecule has 1 heterocycles. The molecule has 3 rings (SSSR count). The molecule has 0 fully saturated rings. The van der Waals surface area contributed by atoms with Crippen LogP contribution in [-0.4, -0.2) is 10.1 Å². The molecule has 0 aliphatic heterocycles. The van der Waals surface area contributed by atoms with Crippen LogP contribution in [0.5, 0.6) is 0 Å². The Labute approximate surface area is 128 Å². The van der Waals surface area contributed by atoms with Crippen LogP contribution in [0.4, 0.5) is 5.69 Å². The van der Waals surface area contributed by atoms with Crippen LogP contribution >= 0.6 is 27.5 Å². The number of aromatic nitrogens is 2. The van der Waals surface area contributed by atoms with E-state index in [0.29, 0.717) is 28.0 Å². The van der Waals surface area contributed by atoms with E-state index in [0.717, 1.165) is 10.0 Å². The average Bonchev–Trinajstić information content (AvgIpc) is 2.89. The summed E-state index contributed by atoms with van der Waals surface area (Å²) in [4.78, 5) is 4.35. The Hall–Kier alpha value is -1.85. The fourth-order valence-electron chi connectivity index (χ4n) is 1.78. The topological polar surface area (TPSA) is 64.9 Å². The predicted octanol–water partition coefficient (Wildman–Crippen LogP) is 4.40. The zero-order chi connectivity index (χ0) is 14.1. The molecular weight excluding hydrogens is 342 g/mol. The Balaban J connectivity index is 1.99. The lowest BCUT2D eigenvalue weighted by molar-refractivity contribution is 0.432. The quantitative estimate of drug-likeness (QED) is 0.696. The van der Waals surface area contributed by atoms with Gasteiger partial charge in [0.25, 0.3) is 5.89 Å². The molecule has 2 N–H and O–H groups in total. The zero-order valence-electron chi connectivity index (χ0n) is 10.2. The maximum Gasteiger partial charge on any atom is 0.260 e. The molecule has 1 aromatic heterocycles. The second kappa shape index (κ2) is 5.26. The summed E-state index contributed by atoms with van der Waals surface area (Å²) < 4.78 is 6.17. The van der Waals surface area contributed by atoms with Gasteiger partial charge in [-0.05, 0) is 42.5 Å². The van der Waals surface area contributed by atoms with Gasteiger partial charge in [0.2, 0.25) is 5.82 Å². The first-order chi connectivity index (χ1) is 9.63. The molecule has 0 saturated carbocycles. The zero-order valence-corrected chi connectivity index (χ0v) is 12.5. The molecule has 2 aromatic carbocycles. The summed E-state index contributed by atoms with van der Waals surface area (Å²) in [7, 11) is 0. The monoisotopic (exact) mass is 349 g/mol. The Morgan fingerprint density at radius 3 is 2.55 bits per heavy atom. The standard InChI is InChI=1S/C14H9BrClN3O/c15-9-3-6-11(12(17)7-9)14-18-13(19-20-14)8-1-4-10(16)5-2-8/h1-7H,17H2. The Morgan fingerprint density at radius 2 is 1.85 bits per heavy atom. The number of hydrogen-bond acceptors (Lipinski definition) is 4. The van der Waals surface area contributed by atoms with Crippen LogP contribution in [0, 0.1) is 0 Å². The van der Waals surface area contributed by atoms with Gasteiger partial charge < -0.3 is 10.3 Å². The van der Waals surface area contributed by atoms with Crippen LogP contribution < -0.4 is 5.73 Å². The molecule has 100 valence electrons. The minimum Gasteiger partial charge on any atom is -0.398 e. The second-order valence-electron chi connectivity index (χ2n) is 4.16. The van der Waals surface area contributed by atoms with Crippen LogP contribution in [0.3, 0.4) is 0 Å². The molecule has 0 amide bonds. The lowest BCUT2D eigenvalue weighted by atomic mass is 10.2. The highest BCUT2D eigenvalue weighted by molar-refractivity contribution is 9.10. The Morgan fingerprint density at radius 1 is 1.10 bits per heavy atom. The maximum atomic E-state index is 5.95. The lowest BCUT2D eigenvalue weighted by Crippen LogP contribution is -1.90. The van der Waals surface area contributed by atoms with E-state index in [1.807, 2.05) is 24.3 Å². The molecule has 0 saturated heterocycles. The van der Waals surface area contributed by atoms with Crippen molar-refractivity contribution in [3.63, 3.8) is 0 Å². The predicted molar refractivity (Wildman–Crippen MR) is 82.3 cm³/mol. The molecule has 0 aliphatic rings. The van der Waals surface area contributed by atoms with Gasteiger partial charge in [0.1, 0.15) is 0 Å². The number of nitrogen functional groups attached to an aromatic ring is 1. The Bertz CT molecular complexity index is 755. The molecule has 3 aromatic rings. The molecule has 0 unspecified atom stereocenters. The van der Waals surface area contributed by atoms with Gasteiger partial charge in [-0.3, -0.25) is 0 Å². The molecule has 20 heavy (non-hydrogen) atoms. The average molecular weight is 351 g/mol. The van der Waals surface area contributed by atoms with Crippen molar-refractivity contribution in [1.82, 2.24) is 10.1 Å². The van der Waals surface area contributed by atoms with Crippen molar-refractivity contribution in [1.29, 1.82) is 0 Å². The second-order valence-corrected chi connectivity index (χ2v) is 5.51. The summed E-state index contributed by atoms with van der Waals surface area (Å²) >= 11 is 9.21. The largest absolute Gasteiger partial charge is 0.398 e. The van der Waals surface area contributed by atoms with E-state index >= 15 is 0 Å². The number of rotatable bonds is 2. The number of halogens is 2. The van der Waals surface area contributed by atoms with Crippen LogP contribution in [0.25, 0.3) is 22.8 Å². The third-order valence-electron chi connectivity index (χ3n) is 2.77. The van der Waals surface area contributed by atoms with E-state index < -0.39 is 0 Å². The van der Waals surface area contributed by atoms with Crippen molar-refractivity contribution in [2.75, 3.05) is 5.73 Å². The van der Waals surface area contributed by atoms with Crippen molar-refractivity contribution < 1.29 is 4.52 Å². The highest BCUT2D eigenvalue weighted by Gasteiger charge is 2.13. The van der Waals surface area contributed by atoms with Crippen LogP contribution in [0.2, 0.25) is 5.02 Å². The fraction of sp³-hybridized carbons (Fsp3) is 0. The van der Waals surface area contributed by atoms with E-state index in [4.69, 9.17) is 21.9 Å². The number of nitrogens with two attached hydrogens (primary N) is 1. The smallest absolute Gasteiger partial charge is 0.260 e. The van der Waals surface area contributed by atoms with E-state index in [2.05, 4.69) is 26.1 Å². The normalized spacial score (nSPS) is 10.7. The van der Waals surface area contributed by atoms with Gasteiger partial charge in [0, 0.05) is 20.7 Å². The van der Waals surface area contributed by atoms with Crippen molar-refractivity contribution in [3.05, 3.63) is 52.0 Å². The summed E-state index contributed by atoms with van der Waals surface area (Å²) in [5.74, 6) is 0.888. The van der Waals surface area contributed by atoms with Gasteiger partial charge in [0.05, 0.1) is 5.56 Å². The van der Waals surface area contributed by atoms with Crippen molar-refractivity contribution >= 4 is 33.2 Å². The SMILES string of the molecule is Nc1cc(Br)ccc1-c1nc(-c2ccc(Cl)cc2)no1. The van der Waals surface area contributed by atoms with E-state index in [-0.39, 0.29) is 0 Å². The summed E-state index contributed by atoms with van der Waals surface area (Å²) in [5, 5.41) is 4.62. The first-order valence-corrected chi connectivity index (χ1v) is 6.95. The summed E-state index contributed by atoms with van der Waals surface area (Å²) in [5.41, 5.74) is 8.06. The third kappa shape index (κ3) is 2.55. The molecule has 0 radical (unpaired) electrons. The van der Waals surface area contributed by atoms with Crippen molar-refractivity contribution in [2.24, 2.45) is 0 Å². The van der Waals surface area contributed by atoms with Crippen molar-refractivity contribution in [3.8, 4) is 22.8 Å². The first kappa shape index (κ1) is 13.1. The van der Waals surface area contributed by atoms with Gasteiger partial charge in [-0.2, -0.15) is 4.98 Å². The minimum atomic E-state index is 0.389. The van der Waals surface area contributed by atoms with Crippen LogP contribution in [-0.2, 0) is 0 Å². The maximum absolute atomic E-state index is 5.95. The van der Waals surface area contributed by atoms with Gasteiger partial charge in [-0.25, -0.2) is 0 Å². The van der Waals surface area contributed by atoms with E-state index in [1.54, 1.807) is 18.2 Å². The van der Waals surface area contributed by atoms with Gasteiger partial charge >= 0.3 is 0 Å². The highest BCUT2D eigenvalue weighted by atomic mass is 79.9. The Kier molecular flexibility index (Phi) is 3.46. The summed E-state index contributed by atoms with van der Waals surface area (Å²) in [6.07, 6.45) is 0. The van der Waals surface area contributed by atoms with E-state index in [1.165, 1.54) is 0 Å². The van der Waals surface area contributed by atoms with Crippen molar-refractivity contribution in [2.45, 2.75) is 0 Å². The molecule has 0 atom stereocenters. The lowest BCUT2D eigenvalue weighted by Gasteiger charge is -2.00. The summed E-state index contributed by atoms with van der Waals surface area (Å²) in [6.45, 7) is 0. The van der Waals surface area contributed by atoms with Crippen LogP contribution in [0.15, 0.2) is 51.5 Å². The van der Waals surface area contributed by atoms with Crippen LogP contribution in [0.1, 0.15) is 0 Å². The highest BCUT2D eigenvalue weighted by Crippen LogP contribution is 2.29. The van der Waals surface area contributed by atoms with E-state index in [9.17, 15) is 0 Å². The van der Waals surface area contributed by atoms with Gasteiger partial charge in [-0.1, -0.05) is 32.7 Å².